The van der Waals surface area contributed by atoms with Crippen molar-refractivity contribution >= 4 is 6.21 Å². The number of likely N-dealkylation sites (N-methyl/N-ethyl adjacent to an activating group) is 1. The third-order valence-electron chi connectivity index (χ3n) is 7.32. The minimum Gasteiger partial charge on any atom is -0.507 e. The van der Waals surface area contributed by atoms with E-state index in [0.29, 0.717) is 24.1 Å². The number of nitrogens with zero attached hydrogens (tertiary/aromatic N) is 2. The van der Waals surface area contributed by atoms with Crippen LogP contribution in [0.4, 0.5) is 0 Å². The van der Waals surface area contributed by atoms with Gasteiger partial charge in [0, 0.05) is 35.5 Å². The molecule has 2 N–H and O–H groups in total. The number of hydrogen-bond acceptors (Lipinski definition) is 4. The molecule has 2 aromatic carbocycles. The van der Waals surface area contributed by atoms with Gasteiger partial charge >= 0.3 is 0 Å². The summed E-state index contributed by atoms with van der Waals surface area (Å²) in [5, 5.41) is 22.0. The molecule has 0 radical (unpaired) electrons. The van der Waals surface area contributed by atoms with E-state index < -0.39 is 0 Å². The van der Waals surface area contributed by atoms with Crippen LogP contribution in [0.1, 0.15) is 101 Å². The highest BCUT2D eigenvalue weighted by Crippen LogP contribution is 2.37. The number of aliphatic imine (C=N–C) groups is 1. The molecule has 4 heteroatoms. The summed E-state index contributed by atoms with van der Waals surface area (Å²) in [6.45, 7) is 17.7. The smallest absolute Gasteiger partial charge is 0.128 e. The van der Waals surface area contributed by atoms with Crippen LogP contribution >= 0.6 is 0 Å². The fraction of sp³-hybridized carbons (Fsp3) is 0.581. The zero-order chi connectivity index (χ0) is 26.1. The fourth-order valence-corrected chi connectivity index (χ4v) is 5.36. The maximum atomic E-state index is 11.1. The molecule has 3 rings (SSSR count). The van der Waals surface area contributed by atoms with Gasteiger partial charge in [0.05, 0.1) is 6.04 Å². The number of phenols is 2. The minimum absolute atomic E-state index is 0.108. The molecule has 0 spiro atoms. The normalized spacial score (nSPS) is 19.6. The Morgan fingerprint density at radius 3 is 2.00 bits per heavy atom. The predicted octanol–water partition coefficient (Wildman–Crippen LogP) is 7.17. The number of phenolic OH excluding ortho intramolecular Hbond substituents is 2. The topological polar surface area (TPSA) is 56.1 Å². The van der Waals surface area contributed by atoms with Crippen LogP contribution in [0.3, 0.4) is 0 Å². The van der Waals surface area contributed by atoms with Gasteiger partial charge in [-0.2, -0.15) is 0 Å². The van der Waals surface area contributed by atoms with Gasteiger partial charge in [0.15, 0.2) is 0 Å². The third kappa shape index (κ3) is 6.46. The van der Waals surface area contributed by atoms with Crippen molar-refractivity contribution in [2.45, 2.75) is 111 Å². The first kappa shape index (κ1) is 27.3. The van der Waals surface area contributed by atoms with Gasteiger partial charge < -0.3 is 10.2 Å². The molecule has 1 aliphatic rings. The molecule has 2 atom stereocenters. The number of rotatable bonds is 5. The third-order valence-corrected chi connectivity index (χ3v) is 7.32. The second-order valence-electron chi connectivity index (χ2n) is 12.7. The second-order valence-corrected chi connectivity index (χ2v) is 12.7. The van der Waals surface area contributed by atoms with Crippen LogP contribution in [0.25, 0.3) is 0 Å². The maximum Gasteiger partial charge on any atom is 0.128 e. The first-order chi connectivity index (χ1) is 16.2. The van der Waals surface area contributed by atoms with Crippen molar-refractivity contribution < 1.29 is 10.2 Å². The van der Waals surface area contributed by atoms with E-state index in [9.17, 15) is 10.2 Å². The first-order valence-corrected chi connectivity index (χ1v) is 13.1. The Morgan fingerprint density at radius 2 is 1.40 bits per heavy atom. The van der Waals surface area contributed by atoms with Crippen LogP contribution in [0.2, 0.25) is 0 Å². The molecule has 192 valence electrons. The molecule has 0 bridgehead atoms. The Hall–Kier alpha value is -2.33. The monoisotopic (exact) mass is 478 g/mol. The average molecular weight is 479 g/mol. The largest absolute Gasteiger partial charge is 0.507 e. The number of aryl methyl sites for hydroxylation is 2. The van der Waals surface area contributed by atoms with E-state index in [4.69, 9.17) is 4.99 Å². The second kappa shape index (κ2) is 10.3. The van der Waals surface area contributed by atoms with Crippen LogP contribution in [0.5, 0.6) is 11.5 Å². The molecule has 1 fully saturated rings. The van der Waals surface area contributed by atoms with Crippen LogP contribution in [0.15, 0.2) is 29.3 Å². The van der Waals surface area contributed by atoms with Crippen molar-refractivity contribution in [3.8, 4) is 11.5 Å². The Bertz CT molecular complexity index is 1070. The summed E-state index contributed by atoms with van der Waals surface area (Å²) in [5.74, 6) is 0.761. The van der Waals surface area contributed by atoms with Crippen molar-refractivity contribution in [3.05, 3.63) is 57.6 Å². The number of benzene rings is 2. The molecule has 0 unspecified atom stereocenters. The van der Waals surface area contributed by atoms with E-state index in [-0.39, 0.29) is 16.9 Å². The van der Waals surface area contributed by atoms with Gasteiger partial charge in [-0.05, 0) is 61.8 Å². The summed E-state index contributed by atoms with van der Waals surface area (Å²) in [5.41, 5.74) is 5.82. The lowest BCUT2D eigenvalue weighted by Gasteiger charge is -2.36. The Balaban J connectivity index is 1.86. The van der Waals surface area contributed by atoms with Crippen molar-refractivity contribution in [1.82, 2.24) is 4.90 Å². The van der Waals surface area contributed by atoms with Gasteiger partial charge in [0.25, 0.3) is 0 Å². The predicted molar refractivity (Wildman–Crippen MR) is 148 cm³/mol. The SMILES string of the molecule is Cc1cc(C=N[C@H]2CCCC[C@@H]2N(C)Cc2cc(C)cc(C(C)(C)C)c2O)c(O)c(C(C)(C)C)c1. The van der Waals surface area contributed by atoms with Crippen LogP contribution in [0, 0.1) is 13.8 Å². The van der Waals surface area contributed by atoms with Crippen LogP contribution < -0.4 is 0 Å². The number of hydrogen-bond donors (Lipinski definition) is 2. The van der Waals surface area contributed by atoms with Crippen LogP contribution in [-0.4, -0.2) is 40.5 Å². The van der Waals surface area contributed by atoms with Crippen molar-refractivity contribution in [2.24, 2.45) is 4.99 Å². The summed E-state index contributed by atoms with van der Waals surface area (Å²) in [4.78, 5) is 7.39. The molecule has 4 nitrogen and oxygen atoms in total. The van der Waals surface area contributed by atoms with Crippen molar-refractivity contribution in [2.75, 3.05) is 7.05 Å². The molecular weight excluding hydrogens is 432 g/mol. The van der Waals surface area contributed by atoms with E-state index in [0.717, 1.165) is 40.7 Å². The summed E-state index contributed by atoms with van der Waals surface area (Å²) < 4.78 is 0. The van der Waals surface area contributed by atoms with E-state index >= 15 is 0 Å². The molecule has 0 amide bonds. The molecule has 35 heavy (non-hydrogen) atoms. The highest BCUT2D eigenvalue weighted by Gasteiger charge is 2.29. The van der Waals surface area contributed by atoms with Gasteiger partial charge in [0.2, 0.25) is 0 Å². The average Bonchev–Trinajstić information content (AvgIpc) is 2.75. The van der Waals surface area contributed by atoms with Gasteiger partial charge in [-0.15, -0.1) is 0 Å². The van der Waals surface area contributed by atoms with Crippen molar-refractivity contribution in [3.63, 3.8) is 0 Å². The molecule has 1 aliphatic carbocycles. The van der Waals surface area contributed by atoms with Crippen LogP contribution in [-0.2, 0) is 17.4 Å². The van der Waals surface area contributed by atoms with E-state index in [1.54, 1.807) is 0 Å². The molecular formula is C31H46N2O2. The van der Waals surface area contributed by atoms with Gasteiger partial charge in [0.1, 0.15) is 11.5 Å². The summed E-state index contributed by atoms with van der Waals surface area (Å²) in [6.07, 6.45) is 6.37. The van der Waals surface area contributed by atoms with E-state index in [1.807, 2.05) is 12.3 Å². The van der Waals surface area contributed by atoms with E-state index in [2.05, 4.69) is 85.5 Å². The van der Waals surface area contributed by atoms with Gasteiger partial charge in [-0.3, -0.25) is 9.89 Å². The molecule has 0 saturated heterocycles. The Morgan fingerprint density at radius 1 is 0.857 bits per heavy atom. The van der Waals surface area contributed by atoms with E-state index in [1.165, 1.54) is 18.4 Å². The molecule has 1 saturated carbocycles. The molecule has 0 aliphatic heterocycles. The Kier molecular flexibility index (Phi) is 8.06. The molecule has 0 heterocycles. The number of aromatic hydroxyl groups is 2. The van der Waals surface area contributed by atoms with Crippen molar-refractivity contribution in [1.29, 1.82) is 0 Å². The fourth-order valence-electron chi connectivity index (χ4n) is 5.36. The molecule has 2 aromatic rings. The molecule has 0 aromatic heterocycles. The highest BCUT2D eigenvalue weighted by molar-refractivity contribution is 5.85. The maximum absolute atomic E-state index is 11.1. The van der Waals surface area contributed by atoms with Gasteiger partial charge in [-0.25, -0.2) is 0 Å². The van der Waals surface area contributed by atoms with Gasteiger partial charge in [-0.1, -0.05) is 78.1 Å². The lowest BCUT2D eigenvalue weighted by Crippen LogP contribution is -2.42. The lowest BCUT2D eigenvalue weighted by molar-refractivity contribution is 0.162. The minimum atomic E-state index is -0.131. The standard InChI is InChI=1S/C31H46N2O2/c1-20-14-22(28(34)24(16-20)30(3,4)5)18-32-26-12-10-11-13-27(26)33(9)19-23-15-21(2)17-25(29(23)35)31(6,7)8/h14-18,26-27,34-35H,10-13,19H2,1-9H3/t26-,27-/m0/s1. The first-order valence-electron chi connectivity index (χ1n) is 13.1. The summed E-state index contributed by atoms with van der Waals surface area (Å²) in [7, 11) is 2.15. The quantitative estimate of drug-likeness (QED) is 0.448. The highest BCUT2D eigenvalue weighted by atomic mass is 16.3. The summed E-state index contributed by atoms with van der Waals surface area (Å²) >= 11 is 0. The zero-order valence-electron chi connectivity index (χ0n) is 23.4. The summed E-state index contributed by atoms with van der Waals surface area (Å²) in [6, 6.07) is 8.78. The zero-order valence-corrected chi connectivity index (χ0v) is 23.4. The lowest BCUT2D eigenvalue weighted by atomic mass is 9.83. The Labute approximate surface area is 213 Å².